The van der Waals surface area contributed by atoms with E-state index in [1.807, 2.05) is 71.6 Å². The number of rotatable bonds is 9. The van der Waals surface area contributed by atoms with Crippen LogP contribution in [-0.2, 0) is 27.5 Å². The third-order valence-electron chi connectivity index (χ3n) is 8.54. The van der Waals surface area contributed by atoms with E-state index >= 15 is 0 Å². The molecule has 0 aliphatic rings. The fraction of sp³-hybridized carbons (Fsp3) is 0.220. The number of aryl methyl sites for hydroxylation is 4. The summed E-state index contributed by atoms with van der Waals surface area (Å²) < 4.78 is 34.6. The number of unbranched alkanes of at least 4 members (excludes halogenated alkanes) is 2. The molecule has 238 valence electrons. The topological polar surface area (TPSA) is 44.9 Å². The van der Waals surface area contributed by atoms with Gasteiger partial charge in [0.2, 0.25) is 0 Å². The zero-order valence-corrected chi connectivity index (χ0v) is 29.3. The summed E-state index contributed by atoms with van der Waals surface area (Å²) in [5.74, 6) is 1.82. The summed E-state index contributed by atoms with van der Waals surface area (Å²) in [5.41, 5.74) is 9.16. The number of pyridine rings is 1. The van der Waals surface area contributed by atoms with Crippen molar-refractivity contribution in [3.8, 4) is 34.1 Å². The fourth-order valence-corrected chi connectivity index (χ4v) is 6.36. The van der Waals surface area contributed by atoms with Gasteiger partial charge in [-0.3, -0.25) is 4.68 Å². The molecule has 0 aliphatic heterocycles. The summed E-state index contributed by atoms with van der Waals surface area (Å²) in [6.45, 7) is 6.15. The Kier molecular flexibility index (Phi) is 8.38. The van der Waals surface area contributed by atoms with Crippen LogP contribution in [0.1, 0.15) is 58.4 Å². The molecule has 7 rings (SSSR count). The van der Waals surface area contributed by atoms with Crippen molar-refractivity contribution in [1.29, 1.82) is 0 Å². The Bertz CT molecular complexity index is 2310. The van der Waals surface area contributed by atoms with Gasteiger partial charge in [0.1, 0.15) is 5.82 Å². The smallest absolute Gasteiger partial charge is 0.509 e. The number of hydrogen-bond acceptors (Lipinski definition) is 3. The molecule has 6 heteroatoms. The number of benzene rings is 4. The Labute approximate surface area is 295 Å². The van der Waals surface area contributed by atoms with Crippen molar-refractivity contribution in [1.82, 2.24) is 19.3 Å². The van der Waals surface area contributed by atoms with E-state index in [9.17, 15) is 0 Å². The Hall–Kier alpha value is -4.47. The molecule has 0 spiro atoms. The molecule has 47 heavy (non-hydrogen) atoms. The third-order valence-corrected chi connectivity index (χ3v) is 8.54. The second kappa shape index (κ2) is 13.7. The molecule has 0 bridgehead atoms. The SMILES string of the molecule is [2H]C([2H])([2H])c1ccc2c(c1)c1ccc(Oc3[c-]c(-n4nc(C)c(-c5ccccc5)c4C)cc(CCCCC)c3)[c-]c1n2-c1cc(C)ccn1.[Pt+2]. The summed E-state index contributed by atoms with van der Waals surface area (Å²) >= 11 is 0. The van der Waals surface area contributed by atoms with Gasteiger partial charge in [-0.15, -0.1) is 35.7 Å². The second-order valence-electron chi connectivity index (χ2n) is 12.0. The van der Waals surface area contributed by atoms with Gasteiger partial charge in [-0.05, 0) is 68.0 Å². The Morgan fingerprint density at radius 2 is 1.68 bits per heavy atom. The van der Waals surface area contributed by atoms with E-state index in [0.717, 1.165) is 92.6 Å². The molecule has 0 radical (unpaired) electrons. The van der Waals surface area contributed by atoms with Crippen molar-refractivity contribution >= 4 is 21.8 Å². The standard InChI is InChI=1S/C41H38N4O.Pt/c1-6-7-9-12-31-23-33(45-30(5)41(29(4)43-45)32-13-10-8-11-14-32)25-35(24-31)46-34-16-17-36-37-21-27(2)15-18-38(37)44(39(36)26-34)40-22-28(3)19-20-42-40;/h8,10-11,13-24H,6-7,9,12H2,1-5H3;/q-2;+2/i2D3;. The van der Waals surface area contributed by atoms with Crippen molar-refractivity contribution in [2.24, 2.45) is 0 Å². The van der Waals surface area contributed by atoms with Gasteiger partial charge in [0, 0.05) is 38.6 Å². The first-order valence-corrected chi connectivity index (χ1v) is 15.9. The van der Waals surface area contributed by atoms with Crippen LogP contribution in [0.2, 0.25) is 0 Å². The molecule has 0 N–H and O–H groups in total. The molecule has 0 unspecified atom stereocenters. The van der Waals surface area contributed by atoms with E-state index in [4.69, 9.17) is 13.9 Å². The molecule has 0 atom stereocenters. The molecule has 3 aromatic heterocycles. The van der Waals surface area contributed by atoms with Gasteiger partial charge in [0.05, 0.1) is 5.69 Å². The molecule has 3 heterocycles. The minimum atomic E-state index is -2.22. The molecular weight excluding hydrogens is 760 g/mol. The van der Waals surface area contributed by atoms with Crippen molar-refractivity contribution in [3.05, 3.63) is 131 Å². The van der Waals surface area contributed by atoms with E-state index in [-0.39, 0.29) is 26.6 Å². The van der Waals surface area contributed by atoms with E-state index in [2.05, 4.69) is 55.2 Å². The van der Waals surface area contributed by atoms with Crippen molar-refractivity contribution in [2.75, 3.05) is 0 Å². The minimum Gasteiger partial charge on any atom is -0.509 e. The van der Waals surface area contributed by atoms with Crippen molar-refractivity contribution < 1.29 is 29.9 Å². The average Bonchev–Trinajstić information content (AvgIpc) is 3.56. The summed E-state index contributed by atoms with van der Waals surface area (Å²) in [7, 11) is 0. The largest absolute Gasteiger partial charge is 2.00 e. The molecule has 0 fully saturated rings. The maximum absolute atomic E-state index is 8.01. The first kappa shape index (κ1) is 28.7. The van der Waals surface area contributed by atoms with Crippen LogP contribution < -0.4 is 4.74 Å². The predicted octanol–water partition coefficient (Wildman–Crippen LogP) is 10.4. The van der Waals surface area contributed by atoms with E-state index in [1.54, 1.807) is 18.3 Å². The number of aromatic nitrogens is 4. The van der Waals surface area contributed by atoms with Gasteiger partial charge in [0.15, 0.2) is 0 Å². The molecule has 0 saturated heterocycles. The van der Waals surface area contributed by atoms with Gasteiger partial charge in [-0.1, -0.05) is 86.2 Å². The monoisotopic (exact) mass is 800 g/mol. The molecule has 7 aromatic rings. The Morgan fingerprint density at radius 1 is 0.830 bits per heavy atom. The third kappa shape index (κ3) is 6.42. The first-order chi connectivity index (χ1) is 23.6. The van der Waals surface area contributed by atoms with Crippen LogP contribution in [0.25, 0.3) is 44.4 Å². The Morgan fingerprint density at radius 3 is 2.47 bits per heavy atom. The zero-order chi connectivity index (χ0) is 34.3. The second-order valence-corrected chi connectivity index (χ2v) is 12.0. The number of fused-ring (bicyclic) bond motifs is 3. The van der Waals surface area contributed by atoms with Gasteiger partial charge in [-0.2, -0.15) is 16.7 Å². The van der Waals surface area contributed by atoms with E-state index in [1.165, 1.54) is 0 Å². The zero-order valence-electron chi connectivity index (χ0n) is 30.0. The quantitative estimate of drug-likeness (QED) is 0.108. The Balaban J connectivity index is 0.00000432. The summed E-state index contributed by atoms with van der Waals surface area (Å²) in [4.78, 5) is 4.67. The summed E-state index contributed by atoms with van der Waals surface area (Å²) in [6, 6.07) is 34.7. The minimum absolute atomic E-state index is 0. The molecule has 4 aromatic carbocycles. The van der Waals surface area contributed by atoms with Gasteiger partial charge < -0.3 is 9.30 Å². The van der Waals surface area contributed by atoms with E-state index in [0.29, 0.717) is 11.5 Å². The van der Waals surface area contributed by atoms with Crippen molar-refractivity contribution in [3.63, 3.8) is 0 Å². The summed E-state index contributed by atoms with van der Waals surface area (Å²) in [5, 5.41) is 6.64. The predicted molar refractivity (Wildman–Crippen MR) is 187 cm³/mol. The van der Waals surface area contributed by atoms with E-state index < -0.39 is 6.85 Å². The maximum Gasteiger partial charge on any atom is 2.00 e. The van der Waals surface area contributed by atoms with Crippen LogP contribution in [0.15, 0.2) is 91.1 Å². The van der Waals surface area contributed by atoms with Crippen LogP contribution in [0, 0.1) is 39.8 Å². The van der Waals surface area contributed by atoms with Gasteiger partial charge >= 0.3 is 21.1 Å². The molecule has 0 amide bonds. The molecule has 5 nitrogen and oxygen atoms in total. The molecule has 0 aliphatic carbocycles. The summed E-state index contributed by atoms with van der Waals surface area (Å²) in [6.07, 6.45) is 6.06. The molecular formula is C41H38N4OPt. The van der Waals surface area contributed by atoms with Crippen LogP contribution in [-0.4, -0.2) is 19.3 Å². The van der Waals surface area contributed by atoms with Crippen LogP contribution in [0.3, 0.4) is 0 Å². The number of ether oxygens (including phenoxy) is 1. The maximum atomic E-state index is 8.01. The fourth-order valence-electron chi connectivity index (χ4n) is 6.36. The van der Waals surface area contributed by atoms with Gasteiger partial charge in [0.25, 0.3) is 0 Å². The van der Waals surface area contributed by atoms with Crippen LogP contribution in [0.4, 0.5) is 0 Å². The van der Waals surface area contributed by atoms with Gasteiger partial charge in [-0.25, -0.2) is 4.98 Å². The average molecular weight is 801 g/mol. The number of hydrogen-bond donors (Lipinski definition) is 0. The number of nitrogens with zero attached hydrogens (tertiary/aromatic N) is 4. The van der Waals surface area contributed by atoms with Crippen LogP contribution in [0.5, 0.6) is 11.5 Å². The first-order valence-electron chi connectivity index (χ1n) is 17.4. The molecule has 0 saturated carbocycles. The van der Waals surface area contributed by atoms with Crippen molar-refractivity contribution in [2.45, 2.75) is 60.2 Å². The normalized spacial score (nSPS) is 12.5. The van der Waals surface area contributed by atoms with Crippen LogP contribution >= 0.6 is 0 Å².